The second-order valence-corrected chi connectivity index (χ2v) is 11.8. The Morgan fingerprint density at radius 2 is 2.00 bits per heavy atom. The highest BCUT2D eigenvalue weighted by Crippen LogP contribution is 2.51. The smallest absolute Gasteiger partial charge is 0.303 e. The molecule has 192 valence electrons. The molecule has 0 fully saturated rings. The van der Waals surface area contributed by atoms with Crippen molar-refractivity contribution in [2.45, 2.75) is 82.7 Å². The Kier molecular flexibility index (Phi) is 5.45. The van der Waals surface area contributed by atoms with Crippen LogP contribution in [0, 0.1) is 0 Å². The highest BCUT2D eigenvalue weighted by atomic mass is 16.5. The molecule has 2 aromatic rings. The van der Waals surface area contributed by atoms with E-state index >= 15 is 0 Å². The van der Waals surface area contributed by atoms with Gasteiger partial charge in [-0.1, -0.05) is 31.0 Å². The van der Waals surface area contributed by atoms with Crippen LogP contribution in [-0.4, -0.2) is 47.1 Å². The lowest BCUT2D eigenvalue weighted by atomic mass is 9.71. The first-order chi connectivity index (χ1) is 18.0. The average Bonchev–Trinajstić information content (AvgIpc) is 3.16. The number of carboxylic acids is 1. The van der Waals surface area contributed by atoms with Gasteiger partial charge >= 0.3 is 5.97 Å². The second-order valence-electron chi connectivity index (χ2n) is 11.8. The van der Waals surface area contributed by atoms with E-state index in [4.69, 9.17) is 9.84 Å². The minimum Gasteiger partial charge on any atom is -0.484 e. The van der Waals surface area contributed by atoms with Gasteiger partial charge in [0.2, 0.25) is 5.69 Å². The van der Waals surface area contributed by atoms with Crippen LogP contribution in [0.3, 0.4) is 0 Å². The Bertz CT molecular complexity index is 1350. The maximum atomic E-state index is 11.0. The number of nitrogens with zero attached hydrogens (tertiary/aromatic N) is 2. The summed E-state index contributed by atoms with van der Waals surface area (Å²) in [5.74, 6) is 0.458. The summed E-state index contributed by atoms with van der Waals surface area (Å²) in [6.07, 6.45) is 12.3. The molecular formula is C32H37N2O3+. The lowest BCUT2D eigenvalue weighted by molar-refractivity contribution is -0.444. The number of carbonyl (C=O) groups is 1. The third kappa shape index (κ3) is 3.57. The maximum absolute atomic E-state index is 11.0. The zero-order valence-electron chi connectivity index (χ0n) is 21.9. The summed E-state index contributed by atoms with van der Waals surface area (Å²) in [6.45, 7) is 5.74. The molecule has 0 aliphatic carbocycles. The number of aliphatic carboxylic acids is 1. The monoisotopic (exact) mass is 497 g/mol. The van der Waals surface area contributed by atoms with Gasteiger partial charge in [-0.25, -0.2) is 0 Å². The largest absolute Gasteiger partial charge is 0.484 e. The number of para-hydroxylation sites is 1. The van der Waals surface area contributed by atoms with Gasteiger partial charge in [-0.05, 0) is 63.2 Å². The lowest BCUT2D eigenvalue weighted by Gasteiger charge is -2.40. The minimum absolute atomic E-state index is 0.0928. The maximum Gasteiger partial charge on any atom is 0.303 e. The van der Waals surface area contributed by atoms with E-state index < -0.39 is 5.97 Å². The first-order valence-electron chi connectivity index (χ1n) is 14.3. The second kappa shape index (κ2) is 8.75. The van der Waals surface area contributed by atoms with Crippen LogP contribution in [0.25, 0.3) is 6.08 Å². The van der Waals surface area contributed by atoms with Gasteiger partial charge in [0.25, 0.3) is 0 Å². The zero-order valence-corrected chi connectivity index (χ0v) is 21.9. The van der Waals surface area contributed by atoms with E-state index in [9.17, 15) is 4.79 Å². The fourth-order valence-corrected chi connectivity index (χ4v) is 7.86. The predicted octanol–water partition coefficient (Wildman–Crippen LogP) is 6.03. The van der Waals surface area contributed by atoms with E-state index in [1.807, 2.05) is 0 Å². The molecule has 2 unspecified atom stereocenters. The number of anilines is 1. The number of carboxylic acid groups (broad SMARTS) is 1. The van der Waals surface area contributed by atoms with Gasteiger partial charge in [0, 0.05) is 54.4 Å². The fourth-order valence-electron chi connectivity index (χ4n) is 7.86. The molecule has 0 saturated carbocycles. The van der Waals surface area contributed by atoms with Gasteiger partial charge in [-0.2, -0.15) is 4.58 Å². The molecule has 5 heterocycles. The highest BCUT2D eigenvalue weighted by Gasteiger charge is 2.54. The van der Waals surface area contributed by atoms with Crippen molar-refractivity contribution in [3.8, 4) is 5.75 Å². The molecule has 5 aliphatic heterocycles. The van der Waals surface area contributed by atoms with Crippen LogP contribution < -0.4 is 9.64 Å². The van der Waals surface area contributed by atoms with Gasteiger partial charge in [-0.15, -0.1) is 0 Å². The molecule has 37 heavy (non-hydrogen) atoms. The topological polar surface area (TPSA) is 52.8 Å². The minimum atomic E-state index is -0.694. The summed E-state index contributed by atoms with van der Waals surface area (Å²) >= 11 is 0. The molecule has 0 bridgehead atoms. The molecule has 1 N–H and O–H groups in total. The zero-order chi connectivity index (χ0) is 25.1. The fraction of sp³-hybridized carbons (Fsp3) is 0.500. The molecule has 0 amide bonds. The first kappa shape index (κ1) is 23.1. The molecule has 5 heteroatoms. The number of benzene rings is 2. The Morgan fingerprint density at radius 1 is 1.16 bits per heavy atom. The van der Waals surface area contributed by atoms with Crippen molar-refractivity contribution in [2.24, 2.45) is 0 Å². The van der Waals surface area contributed by atoms with Crippen molar-refractivity contribution in [3.63, 3.8) is 0 Å². The molecule has 2 aromatic carbocycles. The van der Waals surface area contributed by atoms with Gasteiger partial charge in [0.1, 0.15) is 11.9 Å². The summed E-state index contributed by atoms with van der Waals surface area (Å²) in [7, 11) is 0. The van der Waals surface area contributed by atoms with E-state index in [0.717, 1.165) is 50.8 Å². The summed E-state index contributed by atoms with van der Waals surface area (Å²) in [4.78, 5) is 13.6. The lowest BCUT2D eigenvalue weighted by Crippen LogP contribution is -2.44. The number of hydrogen-bond acceptors (Lipinski definition) is 3. The number of rotatable bonds is 6. The normalized spacial score (nSPS) is 24.8. The van der Waals surface area contributed by atoms with E-state index in [-0.39, 0.29) is 17.9 Å². The molecule has 0 aromatic heterocycles. The van der Waals surface area contributed by atoms with Gasteiger partial charge < -0.3 is 14.7 Å². The van der Waals surface area contributed by atoms with Crippen LogP contribution in [0.15, 0.2) is 35.9 Å². The number of unbranched alkanes of at least 4 members (excludes halogenated alkanes) is 2. The van der Waals surface area contributed by atoms with Crippen LogP contribution >= 0.6 is 0 Å². The van der Waals surface area contributed by atoms with Crippen LogP contribution in [0.2, 0.25) is 0 Å². The Labute approximate surface area is 219 Å². The molecule has 5 nitrogen and oxygen atoms in total. The summed E-state index contributed by atoms with van der Waals surface area (Å²) in [6, 6.07) is 11.3. The van der Waals surface area contributed by atoms with Gasteiger partial charge in [0.05, 0.1) is 11.0 Å². The van der Waals surface area contributed by atoms with Crippen molar-refractivity contribution >= 4 is 29.1 Å². The third-order valence-corrected chi connectivity index (χ3v) is 9.46. The van der Waals surface area contributed by atoms with E-state index in [1.54, 1.807) is 0 Å². The van der Waals surface area contributed by atoms with Crippen molar-refractivity contribution < 1.29 is 19.2 Å². The van der Waals surface area contributed by atoms with Crippen molar-refractivity contribution in [3.05, 3.63) is 58.2 Å². The van der Waals surface area contributed by atoms with Crippen LogP contribution in [0.1, 0.15) is 80.5 Å². The van der Waals surface area contributed by atoms with Crippen LogP contribution in [-0.2, 0) is 23.1 Å². The van der Waals surface area contributed by atoms with Crippen molar-refractivity contribution in [1.82, 2.24) is 0 Å². The standard InChI is InChI=1S/C32H36N2O3/c1-32(15-6-2-3-13-28(35)36)25-11-4-5-12-26(25)34-18-14-27-24(31(32)34)20-22-19-21-9-7-16-33-17-8-10-23(29(21)33)30(22)37-27/h4-5,11-12,19-20,27H,2-3,6-10,13-18H2,1H3/p+1. The van der Waals surface area contributed by atoms with E-state index in [2.05, 4.69) is 52.8 Å². The van der Waals surface area contributed by atoms with Crippen molar-refractivity contribution in [2.75, 3.05) is 24.5 Å². The van der Waals surface area contributed by atoms with Crippen molar-refractivity contribution in [1.29, 1.82) is 0 Å². The number of hydrogen-bond donors (Lipinski definition) is 1. The molecule has 0 radical (unpaired) electrons. The quantitative estimate of drug-likeness (QED) is 0.391. The Balaban J connectivity index is 1.30. The Hall–Kier alpha value is -3.08. The van der Waals surface area contributed by atoms with Gasteiger partial charge in [0.15, 0.2) is 12.3 Å². The first-order valence-corrected chi connectivity index (χ1v) is 14.3. The number of ether oxygens (including phenoxy) is 1. The SMILES string of the molecule is CC1(CCCCCC(=O)O)C2=[N+](CCC3Oc4c(cc5c6c4CCCN6CCC5)C=C23)c2ccccc21. The molecule has 0 spiro atoms. The number of fused-ring (bicyclic) bond motifs is 6. The summed E-state index contributed by atoms with van der Waals surface area (Å²) < 4.78 is 9.53. The van der Waals surface area contributed by atoms with Crippen LogP contribution in [0.4, 0.5) is 11.4 Å². The number of aryl methyl sites for hydroxylation is 1. The summed E-state index contributed by atoms with van der Waals surface area (Å²) in [5, 5.41) is 9.06. The Morgan fingerprint density at radius 3 is 2.86 bits per heavy atom. The third-order valence-electron chi connectivity index (χ3n) is 9.46. The summed E-state index contributed by atoms with van der Waals surface area (Å²) in [5.41, 5.74) is 11.2. The molecule has 7 rings (SSSR count). The predicted molar refractivity (Wildman–Crippen MR) is 147 cm³/mol. The molecular weight excluding hydrogens is 460 g/mol. The van der Waals surface area contributed by atoms with Crippen LogP contribution in [0.5, 0.6) is 5.75 Å². The van der Waals surface area contributed by atoms with Gasteiger partial charge in [-0.3, -0.25) is 4.79 Å². The molecule has 0 saturated heterocycles. The average molecular weight is 498 g/mol. The van der Waals surface area contributed by atoms with E-state index in [1.165, 1.54) is 77.3 Å². The molecule has 2 atom stereocenters. The van der Waals surface area contributed by atoms with E-state index in [0.29, 0.717) is 0 Å². The highest BCUT2D eigenvalue weighted by molar-refractivity contribution is 6.11. The molecule has 5 aliphatic rings.